The molecular formula is C29H24F4N2O3S. The van der Waals surface area contributed by atoms with Crippen LogP contribution in [0.25, 0.3) is 11.1 Å². The molecule has 4 rings (SSSR count). The van der Waals surface area contributed by atoms with Gasteiger partial charge in [0.25, 0.3) is 5.91 Å². The third-order valence-corrected chi connectivity index (χ3v) is 7.45. The van der Waals surface area contributed by atoms with E-state index in [1.807, 2.05) is 0 Å². The second-order valence-corrected chi connectivity index (χ2v) is 10.5. The van der Waals surface area contributed by atoms with Gasteiger partial charge in [0.15, 0.2) is 0 Å². The number of amides is 1. The van der Waals surface area contributed by atoms with Crippen LogP contribution >= 0.6 is 0 Å². The Balaban J connectivity index is 1.46. The highest BCUT2D eigenvalue weighted by Gasteiger charge is 2.30. The van der Waals surface area contributed by atoms with Crippen molar-refractivity contribution in [2.24, 2.45) is 0 Å². The highest BCUT2D eigenvalue weighted by Crippen LogP contribution is 2.32. The van der Waals surface area contributed by atoms with Crippen LogP contribution in [-0.4, -0.2) is 20.4 Å². The zero-order chi connectivity index (χ0) is 28.0. The van der Waals surface area contributed by atoms with Gasteiger partial charge in [-0.05, 0) is 72.5 Å². The Kier molecular flexibility index (Phi) is 8.47. The zero-order valence-electron chi connectivity index (χ0n) is 20.5. The van der Waals surface area contributed by atoms with Crippen LogP contribution in [0.4, 0.5) is 17.6 Å². The van der Waals surface area contributed by atoms with E-state index in [4.69, 9.17) is 0 Å². The van der Waals surface area contributed by atoms with Crippen molar-refractivity contribution in [2.75, 3.05) is 0 Å². The van der Waals surface area contributed by atoms with Crippen LogP contribution < -0.4 is 10.0 Å². The molecule has 2 N–H and O–H groups in total. The van der Waals surface area contributed by atoms with Crippen molar-refractivity contribution in [1.82, 2.24) is 10.0 Å². The van der Waals surface area contributed by atoms with E-state index in [-0.39, 0.29) is 10.5 Å². The summed E-state index contributed by atoms with van der Waals surface area (Å²) in [7, 11) is -3.94. The van der Waals surface area contributed by atoms with E-state index in [9.17, 15) is 30.8 Å². The summed E-state index contributed by atoms with van der Waals surface area (Å²) in [6.45, 7) is 0. The number of hydrogen-bond donors (Lipinski definition) is 2. The molecule has 1 aliphatic carbocycles. The quantitative estimate of drug-likeness (QED) is 0.346. The van der Waals surface area contributed by atoms with E-state index < -0.39 is 39.5 Å². The highest BCUT2D eigenvalue weighted by atomic mass is 32.2. The van der Waals surface area contributed by atoms with E-state index in [1.54, 1.807) is 54.6 Å². The first-order valence-electron chi connectivity index (χ1n) is 11.9. The maximum atomic E-state index is 13.5. The zero-order valence-corrected chi connectivity index (χ0v) is 21.3. The molecule has 0 fully saturated rings. The standard InChI is InChI=1S/C29H24F4N2O3S/c30-22-7-5-12-25(19-22)39(37,38)35-24-9-2-1-8-23(10-6-11-24)34-28(36)27-14-4-3-13-26(27)20-15-17-21(18-16-20)29(31,32)33/h1-8,10,12-19,24,35H,9,11H2,(H,34,36)/b2-1+,10-6?,23-8?. The van der Waals surface area contributed by atoms with Gasteiger partial charge in [-0.1, -0.05) is 54.6 Å². The number of carbonyl (C=O) groups excluding carboxylic acids is 1. The van der Waals surface area contributed by atoms with Gasteiger partial charge < -0.3 is 5.32 Å². The average Bonchev–Trinajstić information content (AvgIpc) is 3.00. The smallest absolute Gasteiger partial charge is 0.322 e. The number of benzene rings is 3. The monoisotopic (exact) mass is 556 g/mol. The van der Waals surface area contributed by atoms with Crippen LogP contribution in [0.3, 0.4) is 0 Å². The molecule has 0 aromatic heterocycles. The van der Waals surface area contributed by atoms with Gasteiger partial charge in [0, 0.05) is 17.3 Å². The molecule has 0 saturated heterocycles. The minimum Gasteiger partial charge on any atom is -0.322 e. The fraction of sp³-hybridized carbons (Fsp3) is 0.138. The lowest BCUT2D eigenvalue weighted by atomic mass is 9.98. The predicted octanol–water partition coefficient (Wildman–Crippen LogP) is 6.38. The molecule has 0 saturated carbocycles. The lowest BCUT2D eigenvalue weighted by Crippen LogP contribution is -2.34. The molecule has 0 bridgehead atoms. The molecule has 1 aliphatic rings. The van der Waals surface area contributed by atoms with Gasteiger partial charge in [-0.2, -0.15) is 13.2 Å². The minimum atomic E-state index is -4.46. The number of rotatable bonds is 6. The molecule has 0 heterocycles. The van der Waals surface area contributed by atoms with E-state index in [2.05, 4.69) is 10.0 Å². The van der Waals surface area contributed by atoms with Crippen LogP contribution in [0.1, 0.15) is 28.8 Å². The Morgan fingerprint density at radius 3 is 2.33 bits per heavy atom. The average molecular weight is 557 g/mol. The topological polar surface area (TPSA) is 75.3 Å². The predicted molar refractivity (Wildman–Crippen MR) is 140 cm³/mol. The summed E-state index contributed by atoms with van der Waals surface area (Å²) in [5.41, 5.74) is 0.861. The molecule has 0 spiro atoms. The van der Waals surface area contributed by atoms with Gasteiger partial charge in [-0.25, -0.2) is 17.5 Å². The van der Waals surface area contributed by atoms with Crippen molar-refractivity contribution in [3.05, 3.63) is 126 Å². The molecule has 1 amide bonds. The molecular weight excluding hydrogens is 532 g/mol. The van der Waals surface area contributed by atoms with Gasteiger partial charge in [-0.3, -0.25) is 4.79 Å². The summed E-state index contributed by atoms with van der Waals surface area (Å²) in [5, 5.41) is 2.80. The Morgan fingerprint density at radius 2 is 1.62 bits per heavy atom. The number of hydrogen-bond acceptors (Lipinski definition) is 3. The van der Waals surface area contributed by atoms with Gasteiger partial charge in [0.2, 0.25) is 10.0 Å². The van der Waals surface area contributed by atoms with Crippen molar-refractivity contribution in [1.29, 1.82) is 0 Å². The first kappa shape index (κ1) is 28.0. The van der Waals surface area contributed by atoms with E-state index in [0.717, 1.165) is 24.3 Å². The first-order chi connectivity index (χ1) is 18.5. The maximum absolute atomic E-state index is 13.5. The van der Waals surface area contributed by atoms with Crippen molar-refractivity contribution < 1.29 is 30.8 Å². The summed E-state index contributed by atoms with van der Waals surface area (Å²) in [6, 6.07) is 15.4. The van der Waals surface area contributed by atoms with Crippen LogP contribution in [-0.2, 0) is 16.2 Å². The van der Waals surface area contributed by atoms with Gasteiger partial charge >= 0.3 is 6.18 Å². The molecule has 10 heteroatoms. The van der Waals surface area contributed by atoms with Crippen LogP contribution in [0, 0.1) is 5.82 Å². The summed E-state index contributed by atoms with van der Waals surface area (Å²) in [5.74, 6) is -1.12. The van der Waals surface area contributed by atoms with Gasteiger partial charge in [-0.15, -0.1) is 0 Å². The summed E-state index contributed by atoms with van der Waals surface area (Å²) in [6.07, 6.45) is 4.61. The number of sulfonamides is 1. The van der Waals surface area contributed by atoms with Gasteiger partial charge in [0.05, 0.1) is 10.5 Å². The first-order valence-corrected chi connectivity index (χ1v) is 13.4. The number of carbonyl (C=O) groups is 1. The molecule has 3 aromatic rings. The lowest BCUT2D eigenvalue weighted by Gasteiger charge is -2.15. The summed E-state index contributed by atoms with van der Waals surface area (Å²) >= 11 is 0. The number of alkyl halides is 3. The lowest BCUT2D eigenvalue weighted by molar-refractivity contribution is -0.137. The molecule has 0 aliphatic heterocycles. The fourth-order valence-electron chi connectivity index (χ4n) is 4.00. The maximum Gasteiger partial charge on any atom is 0.416 e. The van der Waals surface area contributed by atoms with Crippen molar-refractivity contribution in [2.45, 2.75) is 30.0 Å². The molecule has 5 nitrogen and oxygen atoms in total. The van der Waals surface area contributed by atoms with Crippen LogP contribution in [0.15, 0.2) is 114 Å². The molecule has 1 unspecified atom stereocenters. The number of nitrogens with one attached hydrogen (secondary N) is 2. The van der Waals surface area contributed by atoms with Crippen molar-refractivity contribution >= 4 is 15.9 Å². The largest absolute Gasteiger partial charge is 0.416 e. The van der Waals surface area contributed by atoms with Crippen LogP contribution in [0.5, 0.6) is 0 Å². The van der Waals surface area contributed by atoms with E-state index >= 15 is 0 Å². The van der Waals surface area contributed by atoms with E-state index in [1.165, 1.54) is 24.3 Å². The van der Waals surface area contributed by atoms with Crippen molar-refractivity contribution in [3.63, 3.8) is 0 Å². The molecule has 3 aromatic carbocycles. The summed E-state index contributed by atoms with van der Waals surface area (Å²) < 4.78 is 80.3. The van der Waals surface area contributed by atoms with Crippen LogP contribution in [0.2, 0.25) is 0 Å². The molecule has 39 heavy (non-hydrogen) atoms. The van der Waals surface area contributed by atoms with E-state index in [0.29, 0.717) is 29.7 Å². The third-order valence-electron chi connectivity index (χ3n) is 5.93. The number of allylic oxidation sites excluding steroid dienone is 3. The normalized spacial score (nSPS) is 16.9. The second kappa shape index (κ2) is 11.8. The Labute approximate surface area is 223 Å². The third kappa shape index (κ3) is 7.30. The highest BCUT2D eigenvalue weighted by molar-refractivity contribution is 7.89. The molecule has 1 atom stereocenters. The Bertz CT molecular complexity index is 1540. The Morgan fingerprint density at radius 1 is 0.897 bits per heavy atom. The van der Waals surface area contributed by atoms with Gasteiger partial charge in [0.1, 0.15) is 5.82 Å². The SMILES string of the molecule is O=C(NC1=C/C=C/CC(NS(=O)(=O)c2cccc(F)c2)CC=C1)c1ccccc1-c1ccc(C(F)(F)F)cc1. The number of halogens is 4. The second-order valence-electron chi connectivity index (χ2n) is 8.77. The minimum absolute atomic E-state index is 0.173. The summed E-state index contributed by atoms with van der Waals surface area (Å²) in [4.78, 5) is 13.0. The Hall–Kier alpha value is -4.02. The van der Waals surface area contributed by atoms with Crippen molar-refractivity contribution in [3.8, 4) is 11.1 Å². The molecule has 0 radical (unpaired) electrons. The molecule has 202 valence electrons. The fourth-order valence-corrected chi connectivity index (χ4v) is 5.29.